The average Bonchev–Trinajstić information content (AvgIpc) is 3.52. The molecule has 2 aliphatic rings. The molecule has 2 aliphatic heterocycles. The minimum absolute atomic E-state index is 0.0659. The van der Waals surface area contributed by atoms with Gasteiger partial charge in [-0.1, -0.05) is 11.6 Å². The third kappa shape index (κ3) is 4.64. The summed E-state index contributed by atoms with van der Waals surface area (Å²) in [5, 5.41) is 15.3. The summed E-state index contributed by atoms with van der Waals surface area (Å²) in [5.41, 5.74) is 1.13. The van der Waals surface area contributed by atoms with Gasteiger partial charge in [0.1, 0.15) is 18.2 Å². The van der Waals surface area contributed by atoms with Gasteiger partial charge in [-0.2, -0.15) is 15.1 Å². The first-order valence-electron chi connectivity index (χ1n) is 10.7. The molecule has 2 aromatic heterocycles. The number of phenolic OH excluding ortho intramolecular Hbond substituents is 1. The molecule has 0 bridgehead atoms. The van der Waals surface area contributed by atoms with Gasteiger partial charge in [-0.3, -0.25) is 0 Å². The highest BCUT2D eigenvalue weighted by molar-refractivity contribution is 6.30. The minimum Gasteiger partial charge on any atom is -0.507 e. The molecular weight excluding hydrogens is 434 g/mol. The van der Waals surface area contributed by atoms with E-state index in [9.17, 15) is 5.11 Å². The van der Waals surface area contributed by atoms with Gasteiger partial charge >= 0.3 is 6.01 Å². The van der Waals surface area contributed by atoms with Crippen molar-refractivity contribution in [3.8, 4) is 28.8 Å². The Balaban J connectivity index is 1.45. The standard InChI is InChI=1S/C22H24ClN5O4/c23-15-3-4-19(29)17(12-15)18-5-6-28(26-18)21-13-20(27-7-10-30-11-8-27)24-22(25-21)32-14-16-2-1-9-31-16/h3-6,12-13,16,29H,1-2,7-11,14H2. The zero-order valence-electron chi connectivity index (χ0n) is 17.5. The quantitative estimate of drug-likeness (QED) is 0.603. The molecule has 10 heteroatoms. The molecule has 0 aliphatic carbocycles. The molecule has 2 saturated heterocycles. The Labute approximate surface area is 190 Å². The normalized spacial score (nSPS) is 18.8. The number of halogens is 1. The van der Waals surface area contributed by atoms with Gasteiger partial charge in [0.15, 0.2) is 5.82 Å². The Morgan fingerprint density at radius 2 is 1.94 bits per heavy atom. The topological polar surface area (TPSA) is 94.8 Å². The van der Waals surface area contributed by atoms with Gasteiger partial charge in [-0.25, -0.2) is 4.68 Å². The molecule has 1 aromatic carbocycles. The molecule has 4 heterocycles. The molecule has 1 unspecified atom stereocenters. The maximum Gasteiger partial charge on any atom is 0.320 e. The minimum atomic E-state index is 0.0659. The number of hydrogen-bond acceptors (Lipinski definition) is 8. The van der Waals surface area contributed by atoms with Crippen LogP contribution in [0.2, 0.25) is 5.02 Å². The molecule has 1 N–H and O–H groups in total. The van der Waals surface area contributed by atoms with Crippen LogP contribution in [0.4, 0.5) is 5.82 Å². The molecule has 5 rings (SSSR count). The van der Waals surface area contributed by atoms with Gasteiger partial charge in [-0.05, 0) is 37.1 Å². The molecule has 32 heavy (non-hydrogen) atoms. The van der Waals surface area contributed by atoms with Crippen molar-refractivity contribution in [1.29, 1.82) is 0 Å². The maximum atomic E-state index is 10.2. The summed E-state index contributed by atoms with van der Waals surface area (Å²) < 4.78 is 18.7. The molecule has 2 fully saturated rings. The summed E-state index contributed by atoms with van der Waals surface area (Å²) in [7, 11) is 0. The fraction of sp³-hybridized carbons (Fsp3) is 0.409. The molecule has 168 valence electrons. The first-order chi connectivity index (χ1) is 15.7. The van der Waals surface area contributed by atoms with E-state index in [1.54, 1.807) is 35.1 Å². The van der Waals surface area contributed by atoms with Crippen molar-refractivity contribution >= 4 is 17.4 Å². The summed E-state index contributed by atoms with van der Waals surface area (Å²) in [6.45, 7) is 3.94. The summed E-state index contributed by atoms with van der Waals surface area (Å²) in [6, 6.07) is 8.82. The number of phenols is 1. The van der Waals surface area contributed by atoms with Crippen LogP contribution in [-0.4, -0.2) is 70.5 Å². The van der Waals surface area contributed by atoms with Crippen LogP contribution in [0.3, 0.4) is 0 Å². The zero-order chi connectivity index (χ0) is 21.9. The van der Waals surface area contributed by atoms with Crippen LogP contribution in [0.15, 0.2) is 36.5 Å². The summed E-state index contributed by atoms with van der Waals surface area (Å²) in [6.07, 6.45) is 3.86. The lowest BCUT2D eigenvalue weighted by molar-refractivity contribution is 0.0645. The lowest BCUT2D eigenvalue weighted by atomic mass is 10.1. The van der Waals surface area contributed by atoms with Crippen molar-refractivity contribution in [3.63, 3.8) is 0 Å². The van der Waals surface area contributed by atoms with Crippen LogP contribution in [0.25, 0.3) is 17.1 Å². The van der Waals surface area contributed by atoms with Crippen molar-refractivity contribution in [2.24, 2.45) is 0 Å². The first-order valence-corrected chi connectivity index (χ1v) is 11.0. The monoisotopic (exact) mass is 457 g/mol. The number of benzene rings is 1. The van der Waals surface area contributed by atoms with Crippen LogP contribution in [0.5, 0.6) is 11.8 Å². The van der Waals surface area contributed by atoms with Crippen molar-refractivity contribution in [1.82, 2.24) is 19.7 Å². The van der Waals surface area contributed by atoms with Crippen LogP contribution in [-0.2, 0) is 9.47 Å². The molecule has 0 saturated carbocycles. The second-order valence-corrected chi connectivity index (χ2v) is 8.16. The summed E-state index contributed by atoms with van der Waals surface area (Å²) >= 11 is 6.10. The van der Waals surface area contributed by atoms with Crippen molar-refractivity contribution in [2.45, 2.75) is 18.9 Å². The van der Waals surface area contributed by atoms with Gasteiger partial charge in [0.2, 0.25) is 0 Å². The van der Waals surface area contributed by atoms with E-state index in [0.717, 1.165) is 38.4 Å². The molecule has 0 amide bonds. The van der Waals surface area contributed by atoms with E-state index in [1.165, 1.54) is 0 Å². The Morgan fingerprint density at radius 1 is 1.09 bits per heavy atom. The van der Waals surface area contributed by atoms with Gasteiger partial charge in [-0.15, -0.1) is 0 Å². The Morgan fingerprint density at radius 3 is 2.75 bits per heavy atom. The third-order valence-corrected chi connectivity index (χ3v) is 5.73. The van der Waals surface area contributed by atoms with E-state index in [0.29, 0.717) is 41.9 Å². The van der Waals surface area contributed by atoms with Crippen molar-refractivity contribution < 1.29 is 19.3 Å². The van der Waals surface area contributed by atoms with Gasteiger partial charge in [0.25, 0.3) is 0 Å². The Kier molecular flexibility index (Phi) is 6.11. The van der Waals surface area contributed by atoms with Crippen LogP contribution >= 0.6 is 11.6 Å². The highest BCUT2D eigenvalue weighted by Crippen LogP contribution is 2.31. The van der Waals surface area contributed by atoms with Gasteiger partial charge in [0.05, 0.1) is 25.0 Å². The highest BCUT2D eigenvalue weighted by atomic mass is 35.5. The number of aromatic nitrogens is 4. The largest absolute Gasteiger partial charge is 0.507 e. The molecule has 1 atom stereocenters. The summed E-state index contributed by atoms with van der Waals surface area (Å²) in [5.74, 6) is 1.43. The number of morpholine rings is 1. The Bertz CT molecular complexity index is 1080. The third-order valence-electron chi connectivity index (χ3n) is 5.49. The van der Waals surface area contributed by atoms with Gasteiger partial charge < -0.3 is 24.2 Å². The number of nitrogens with zero attached hydrogens (tertiary/aromatic N) is 5. The fourth-order valence-electron chi connectivity index (χ4n) is 3.79. The van der Waals surface area contributed by atoms with Crippen LogP contribution < -0.4 is 9.64 Å². The predicted molar refractivity (Wildman–Crippen MR) is 119 cm³/mol. The van der Waals surface area contributed by atoms with E-state index >= 15 is 0 Å². The number of anilines is 1. The Hall–Kier alpha value is -2.88. The maximum absolute atomic E-state index is 10.2. The van der Waals surface area contributed by atoms with E-state index in [2.05, 4.69) is 20.0 Å². The van der Waals surface area contributed by atoms with E-state index in [1.807, 2.05) is 6.07 Å². The van der Waals surface area contributed by atoms with E-state index in [4.69, 9.17) is 25.8 Å². The SMILES string of the molecule is Oc1ccc(Cl)cc1-c1ccn(-c2cc(N3CCOCC3)nc(OCC3CCCO3)n2)n1. The predicted octanol–water partition coefficient (Wildman–Crippen LogP) is 3.08. The zero-order valence-corrected chi connectivity index (χ0v) is 18.2. The van der Waals surface area contributed by atoms with E-state index < -0.39 is 0 Å². The molecule has 0 radical (unpaired) electrons. The van der Waals surface area contributed by atoms with Gasteiger partial charge in [0, 0.05) is 42.5 Å². The highest BCUT2D eigenvalue weighted by Gasteiger charge is 2.20. The summed E-state index contributed by atoms with van der Waals surface area (Å²) in [4.78, 5) is 11.3. The second kappa shape index (κ2) is 9.32. The van der Waals surface area contributed by atoms with Crippen molar-refractivity contribution in [3.05, 3.63) is 41.6 Å². The number of hydrogen-bond donors (Lipinski definition) is 1. The molecule has 0 spiro atoms. The number of rotatable bonds is 6. The molecule has 9 nitrogen and oxygen atoms in total. The molecular formula is C22H24ClN5O4. The smallest absolute Gasteiger partial charge is 0.320 e. The lowest BCUT2D eigenvalue weighted by Gasteiger charge is -2.28. The average molecular weight is 458 g/mol. The van der Waals surface area contributed by atoms with Crippen LogP contribution in [0.1, 0.15) is 12.8 Å². The lowest BCUT2D eigenvalue weighted by Crippen LogP contribution is -2.37. The van der Waals surface area contributed by atoms with Crippen molar-refractivity contribution in [2.75, 3.05) is 44.4 Å². The first kappa shape index (κ1) is 21.0. The van der Waals surface area contributed by atoms with E-state index in [-0.39, 0.29) is 17.9 Å². The van der Waals surface area contributed by atoms with Crippen LogP contribution in [0, 0.1) is 0 Å². The molecule has 3 aromatic rings. The number of aromatic hydroxyl groups is 1. The fourth-order valence-corrected chi connectivity index (χ4v) is 3.96. The second-order valence-electron chi connectivity index (χ2n) is 7.72. The number of ether oxygens (including phenoxy) is 3.